The zero-order valence-electron chi connectivity index (χ0n) is 3.50. The second kappa shape index (κ2) is 2.29. The van der Waals surface area contributed by atoms with Crippen LogP contribution in [0.5, 0.6) is 0 Å². The van der Waals surface area contributed by atoms with E-state index in [-0.39, 0.29) is 4.58 Å². The van der Waals surface area contributed by atoms with Gasteiger partial charge in [0.25, 0.3) is 0 Å². The van der Waals surface area contributed by atoms with Crippen LogP contribution in [0.3, 0.4) is 0 Å². The van der Waals surface area contributed by atoms with Crippen molar-refractivity contribution in [3.8, 4) is 6.07 Å². The summed E-state index contributed by atoms with van der Waals surface area (Å²) >= 11 is 3.13. The van der Waals surface area contributed by atoms with Gasteiger partial charge in [0.1, 0.15) is 4.58 Å². The summed E-state index contributed by atoms with van der Waals surface area (Å²) in [5.41, 5.74) is 0. The third-order valence-corrected chi connectivity index (χ3v) is 2.70. The molecule has 1 rings (SSSR count). The molecule has 1 aliphatic rings. The fourth-order valence-electron chi connectivity index (χ4n) is 0.300. The molecule has 0 bridgehead atoms. The first-order chi connectivity index (χ1) is 3.43. The Bertz CT molecular complexity index is 116. The van der Waals surface area contributed by atoms with E-state index < -0.39 is 0 Å². The summed E-state index contributed by atoms with van der Waals surface area (Å²) in [5.74, 6) is 0. The summed E-state index contributed by atoms with van der Waals surface area (Å²) in [6.07, 6.45) is 0. The molecule has 0 spiro atoms. The van der Waals surface area contributed by atoms with Crippen LogP contribution in [-0.4, -0.2) is 4.58 Å². The predicted octanol–water partition coefficient (Wildman–Crippen LogP) is 1.79. The van der Waals surface area contributed by atoms with Crippen molar-refractivity contribution in [3.63, 3.8) is 0 Å². The van der Waals surface area contributed by atoms with Crippen LogP contribution in [0.25, 0.3) is 0 Å². The monoisotopic (exact) mass is 129 g/mol. The van der Waals surface area contributed by atoms with Gasteiger partial charge in [-0.15, -0.1) is 23.5 Å². The van der Waals surface area contributed by atoms with Crippen molar-refractivity contribution in [3.05, 3.63) is 10.8 Å². The molecule has 0 amide bonds. The lowest BCUT2D eigenvalue weighted by Gasteiger charge is -1.87. The maximum Gasteiger partial charge on any atom is 0.145 e. The highest BCUT2D eigenvalue weighted by atomic mass is 32.2. The molecule has 0 aliphatic carbocycles. The van der Waals surface area contributed by atoms with Crippen LogP contribution in [0.1, 0.15) is 0 Å². The van der Waals surface area contributed by atoms with E-state index in [0.29, 0.717) is 0 Å². The molecule has 0 atom stereocenters. The van der Waals surface area contributed by atoms with Crippen molar-refractivity contribution in [2.75, 3.05) is 0 Å². The molecule has 1 aliphatic heterocycles. The fourth-order valence-corrected chi connectivity index (χ4v) is 1.86. The Labute approximate surface area is 50.8 Å². The number of hydrogen-bond donors (Lipinski definition) is 0. The largest absolute Gasteiger partial charge is 0.196 e. The van der Waals surface area contributed by atoms with E-state index in [0.717, 1.165) is 0 Å². The zero-order valence-corrected chi connectivity index (χ0v) is 5.13. The highest BCUT2D eigenvalue weighted by Crippen LogP contribution is 2.31. The number of thioether (sulfide) groups is 2. The number of hydrogen-bond acceptors (Lipinski definition) is 3. The summed E-state index contributed by atoms with van der Waals surface area (Å²) in [6.45, 7) is 0. The minimum atomic E-state index is 0.125. The Morgan fingerprint density at radius 2 is 2.00 bits per heavy atom. The number of nitriles is 1. The van der Waals surface area contributed by atoms with Crippen LogP contribution in [0, 0.1) is 11.3 Å². The molecule has 0 aromatic carbocycles. The second-order valence-electron chi connectivity index (χ2n) is 1.01. The molecule has 0 radical (unpaired) electrons. The van der Waals surface area contributed by atoms with Gasteiger partial charge in [-0.1, -0.05) is 0 Å². The molecular weight excluding hydrogens is 126 g/mol. The van der Waals surface area contributed by atoms with Gasteiger partial charge in [0, 0.05) is 0 Å². The van der Waals surface area contributed by atoms with Gasteiger partial charge in [-0.25, -0.2) is 0 Å². The maximum absolute atomic E-state index is 8.23. The summed E-state index contributed by atoms with van der Waals surface area (Å²) in [5, 5.41) is 12.1. The number of rotatable bonds is 0. The van der Waals surface area contributed by atoms with E-state index in [1.54, 1.807) is 23.5 Å². The van der Waals surface area contributed by atoms with Gasteiger partial charge in [0.15, 0.2) is 0 Å². The number of nitrogens with zero attached hydrogens (tertiary/aromatic N) is 1. The molecule has 0 N–H and O–H groups in total. The first-order valence-corrected chi connectivity index (χ1v) is 3.67. The van der Waals surface area contributed by atoms with Gasteiger partial charge in [0.05, 0.1) is 6.07 Å². The Morgan fingerprint density at radius 1 is 1.43 bits per heavy atom. The average molecular weight is 129 g/mol. The Balaban J connectivity index is 2.39. The smallest absolute Gasteiger partial charge is 0.145 e. The maximum atomic E-state index is 8.23. The normalized spacial score (nSPS) is 19.9. The lowest BCUT2D eigenvalue weighted by atomic mass is 10.9. The molecule has 0 saturated heterocycles. The third-order valence-electron chi connectivity index (χ3n) is 0.565. The topological polar surface area (TPSA) is 23.8 Å². The van der Waals surface area contributed by atoms with Gasteiger partial charge in [-0.2, -0.15) is 5.26 Å². The highest BCUT2D eigenvalue weighted by molar-refractivity contribution is 8.22. The van der Waals surface area contributed by atoms with Crippen LogP contribution in [0.4, 0.5) is 0 Å². The van der Waals surface area contributed by atoms with Gasteiger partial charge in [-0.3, -0.25) is 0 Å². The highest BCUT2D eigenvalue weighted by Gasteiger charge is 2.07. The van der Waals surface area contributed by atoms with Gasteiger partial charge in [-0.05, 0) is 10.8 Å². The van der Waals surface area contributed by atoms with E-state index in [1.165, 1.54) is 0 Å². The molecule has 7 heavy (non-hydrogen) atoms. The Kier molecular flexibility index (Phi) is 1.66. The third kappa shape index (κ3) is 1.15. The quantitative estimate of drug-likeness (QED) is 0.498. The lowest BCUT2D eigenvalue weighted by Crippen LogP contribution is -1.79. The van der Waals surface area contributed by atoms with E-state index >= 15 is 0 Å². The molecule has 0 aromatic heterocycles. The van der Waals surface area contributed by atoms with Crippen LogP contribution < -0.4 is 0 Å². The van der Waals surface area contributed by atoms with E-state index in [2.05, 4.69) is 6.07 Å². The minimum absolute atomic E-state index is 0.125. The van der Waals surface area contributed by atoms with Crippen LogP contribution in [-0.2, 0) is 0 Å². The van der Waals surface area contributed by atoms with Gasteiger partial charge in [0.2, 0.25) is 0 Å². The van der Waals surface area contributed by atoms with Crippen molar-refractivity contribution in [2.24, 2.45) is 0 Å². The molecule has 36 valence electrons. The molecule has 3 heteroatoms. The second-order valence-corrected chi connectivity index (χ2v) is 3.34. The molecule has 1 heterocycles. The van der Waals surface area contributed by atoms with Crippen molar-refractivity contribution in [1.29, 1.82) is 5.26 Å². The molecule has 1 nitrogen and oxygen atoms in total. The molecule has 0 saturated carbocycles. The zero-order chi connectivity index (χ0) is 5.11. The first-order valence-electron chi connectivity index (χ1n) is 1.79. The van der Waals surface area contributed by atoms with Crippen LogP contribution in [0.15, 0.2) is 10.8 Å². The minimum Gasteiger partial charge on any atom is -0.196 e. The molecule has 0 fully saturated rings. The van der Waals surface area contributed by atoms with Gasteiger partial charge < -0.3 is 0 Å². The van der Waals surface area contributed by atoms with Crippen molar-refractivity contribution in [2.45, 2.75) is 4.58 Å². The van der Waals surface area contributed by atoms with Crippen molar-refractivity contribution < 1.29 is 0 Å². The van der Waals surface area contributed by atoms with E-state index in [4.69, 9.17) is 5.26 Å². The van der Waals surface area contributed by atoms with E-state index in [1.807, 2.05) is 10.8 Å². The Hall–Kier alpha value is -0.0700. The summed E-state index contributed by atoms with van der Waals surface area (Å²) in [6, 6.07) is 2.13. The first kappa shape index (κ1) is 5.07. The molecule has 0 unspecified atom stereocenters. The van der Waals surface area contributed by atoms with Crippen LogP contribution >= 0.6 is 23.5 Å². The van der Waals surface area contributed by atoms with Gasteiger partial charge >= 0.3 is 0 Å². The molecule has 0 aromatic rings. The standard InChI is InChI=1S/C4H3NS2/c5-3-4-6-1-2-7-4/h1-2,4H. The lowest BCUT2D eigenvalue weighted by molar-refractivity contribution is 1.47. The van der Waals surface area contributed by atoms with Crippen molar-refractivity contribution >= 4 is 23.5 Å². The predicted molar refractivity (Wildman–Crippen MR) is 33.7 cm³/mol. The SMILES string of the molecule is N#CC1SC=CS1. The summed E-state index contributed by atoms with van der Waals surface area (Å²) in [7, 11) is 0. The van der Waals surface area contributed by atoms with Crippen LogP contribution in [0.2, 0.25) is 0 Å². The van der Waals surface area contributed by atoms with E-state index in [9.17, 15) is 0 Å². The average Bonchev–Trinajstić information content (AvgIpc) is 2.14. The summed E-state index contributed by atoms with van der Waals surface area (Å²) < 4.78 is 0.125. The molecular formula is C4H3NS2. The fraction of sp³-hybridized carbons (Fsp3) is 0.250. The summed E-state index contributed by atoms with van der Waals surface area (Å²) in [4.78, 5) is 0. The van der Waals surface area contributed by atoms with Crippen molar-refractivity contribution in [1.82, 2.24) is 0 Å². The Morgan fingerprint density at radius 3 is 2.29 bits per heavy atom.